The van der Waals surface area contributed by atoms with Gasteiger partial charge in [0.1, 0.15) is 12.6 Å². The maximum Gasteiger partial charge on any atom is 0.407 e. The number of nitrogens with one attached hydrogen (secondary N) is 1. The fourth-order valence-electron chi connectivity index (χ4n) is 3.98. The van der Waals surface area contributed by atoms with Crippen molar-refractivity contribution in [2.75, 3.05) is 11.8 Å². The number of carboxylic acid groups (broad SMARTS) is 1. The van der Waals surface area contributed by atoms with Crippen molar-refractivity contribution in [2.45, 2.75) is 18.4 Å². The number of amides is 1. The average molecular weight is 433 g/mol. The zero-order valence-electron chi connectivity index (χ0n) is 17.0. The molecule has 1 aliphatic rings. The van der Waals surface area contributed by atoms with Gasteiger partial charge in [-0.2, -0.15) is 0 Å². The summed E-state index contributed by atoms with van der Waals surface area (Å²) in [6.07, 6.45) is -0.832. The van der Waals surface area contributed by atoms with Crippen LogP contribution in [-0.2, 0) is 16.0 Å². The molecule has 4 rings (SSSR count). The van der Waals surface area contributed by atoms with Crippen LogP contribution in [0.4, 0.5) is 10.5 Å². The molecule has 0 heterocycles. The minimum Gasteiger partial charge on any atom is -0.733 e. The molecule has 3 N–H and O–H groups in total. The zero-order valence-corrected chi connectivity index (χ0v) is 17.0. The average Bonchev–Trinajstić information content (AvgIpc) is 3.11. The molecule has 1 atom stereocenters. The second kappa shape index (κ2) is 9.09. The zero-order chi connectivity index (χ0) is 22.7. The lowest BCUT2D eigenvalue weighted by molar-refractivity contribution is -0.139. The number of carbonyl (C=O) groups excluding carboxylic acids is 1. The number of hydrogen-bond acceptors (Lipinski definition) is 6. The summed E-state index contributed by atoms with van der Waals surface area (Å²) < 4.78 is 5.41. The Bertz CT molecular complexity index is 1080. The fraction of sp³-hybridized carbons (Fsp3) is 0.167. The van der Waals surface area contributed by atoms with Crippen LogP contribution in [0.15, 0.2) is 72.8 Å². The second-order valence-corrected chi connectivity index (χ2v) is 7.50. The summed E-state index contributed by atoms with van der Waals surface area (Å²) in [6.45, 7) is 0.0801. The molecular formula is C24H21N2O6-. The summed E-state index contributed by atoms with van der Waals surface area (Å²) in [5.41, 5.74) is 4.92. The van der Waals surface area contributed by atoms with Crippen molar-refractivity contribution >= 4 is 17.7 Å². The lowest BCUT2D eigenvalue weighted by Crippen LogP contribution is -2.42. The highest BCUT2D eigenvalue weighted by Gasteiger charge is 2.29. The fourth-order valence-corrected chi connectivity index (χ4v) is 3.98. The first-order valence-corrected chi connectivity index (χ1v) is 10.0. The van der Waals surface area contributed by atoms with E-state index in [0.29, 0.717) is 5.56 Å². The number of rotatable bonds is 7. The van der Waals surface area contributed by atoms with Crippen molar-refractivity contribution in [1.82, 2.24) is 5.32 Å². The molecule has 8 heteroatoms. The summed E-state index contributed by atoms with van der Waals surface area (Å²) in [6, 6.07) is 20.4. The Morgan fingerprint density at radius 2 is 1.53 bits per heavy atom. The van der Waals surface area contributed by atoms with Crippen LogP contribution >= 0.6 is 0 Å². The third-order valence-corrected chi connectivity index (χ3v) is 5.53. The normalized spacial score (nSPS) is 13.1. The summed E-state index contributed by atoms with van der Waals surface area (Å²) in [7, 11) is 0. The van der Waals surface area contributed by atoms with E-state index in [1.54, 1.807) is 0 Å². The molecule has 164 valence electrons. The van der Waals surface area contributed by atoms with E-state index in [-0.39, 0.29) is 29.9 Å². The Labute approximate surface area is 184 Å². The van der Waals surface area contributed by atoms with Gasteiger partial charge in [-0.1, -0.05) is 60.7 Å². The molecule has 0 saturated carbocycles. The number of nitrogens with zero attached hydrogens (tertiary/aromatic N) is 1. The Kier molecular flexibility index (Phi) is 6.07. The number of aliphatic carboxylic acids is 1. The first-order chi connectivity index (χ1) is 15.4. The number of hydrogen-bond donors (Lipinski definition) is 3. The lowest BCUT2D eigenvalue weighted by Gasteiger charge is -2.22. The number of carboxylic acids is 1. The van der Waals surface area contributed by atoms with Gasteiger partial charge in [-0.05, 0) is 39.9 Å². The molecule has 1 aliphatic carbocycles. The molecule has 0 radical (unpaired) electrons. The van der Waals surface area contributed by atoms with E-state index in [2.05, 4.69) is 5.32 Å². The molecule has 0 saturated heterocycles. The van der Waals surface area contributed by atoms with Crippen molar-refractivity contribution in [3.05, 3.63) is 94.7 Å². The number of carbonyl (C=O) groups is 2. The van der Waals surface area contributed by atoms with Gasteiger partial charge in [-0.15, -0.1) is 0 Å². The van der Waals surface area contributed by atoms with Crippen LogP contribution in [0.25, 0.3) is 11.1 Å². The summed E-state index contributed by atoms with van der Waals surface area (Å²) in [5, 5.41) is 31.4. The standard InChI is InChI=1S/C24H21N2O6/c27-23(28)22(13-15-9-11-16(12-10-15)26(30)31)25-24(29)32-14-21-19-7-3-1-5-17(19)18-6-2-4-8-20(18)21/h1-12,21-22,30H,13-14H2,(H,25,29)(H,27,28)/q-1/t22-/m0/s1. The van der Waals surface area contributed by atoms with Crippen molar-refractivity contribution in [3.8, 4) is 11.1 Å². The molecule has 0 bridgehead atoms. The number of alkyl carbamates (subject to hydrolysis) is 1. The third kappa shape index (κ3) is 4.41. The maximum absolute atomic E-state index is 12.4. The quantitative estimate of drug-likeness (QED) is 0.483. The predicted octanol–water partition coefficient (Wildman–Crippen LogP) is 3.91. The van der Waals surface area contributed by atoms with E-state index >= 15 is 0 Å². The Morgan fingerprint density at radius 3 is 2.06 bits per heavy atom. The van der Waals surface area contributed by atoms with Gasteiger partial charge in [0, 0.05) is 12.3 Å². The molecule has 0 unspecified atom stereocenters. The highest BCUT2D eigenvalue weighted by atomic mass is 16.8. The summed E-state index contributed by atoms with van der Waals surface area (Å²) in [5.74, 6) is -1.34. The van der Waals surface area contributed by atoms with Gasteiger partial charge in [0.05, 0.1) is 5.69 Å². The molecule has 3 aromatic rings. The monoisotopic (exact) mass is 433 g/mol. The highest BCUT2D eigenvalue weighted by molar-refractivity contribution is 5.81. The van der Waals surface area contributed by atoms with Crippen LogP contribution in [-0.4, -0.2) is 35.0 Å². The first-order valence-electron chi connectivity index (χ1n) is 10.0. The van der Waals surface area contributed by atoms with Crippen LogP contribution < -0.4 is 10.5 Å². The van der Waals surface area contributed by atoms with Crippen molar-refractivity contribution < 1.29 is 24.6 Å². The van der Waals surface area contributed by atoms with Gasteiger partial charge in [0.25, 0.3) is 0 Å². The molecule has 0 spiro atoms. The van der Waals surface area contributed by atoms with Gasteiger partial charge in [0.15, 0.2) is 0 Å². The van der Waals surface area contributed by atoms with Crippen LogP contribution in [0.3, 0.4) is 0 Å². The number of ether oxygens (including phenoxy) is 1. The van der Waals surface area contributed by atoms with E-state index in [1.165, 1.54) is 24.3 Å². The van der Waals surface area contributed by atoms with Gasteiger partial charge < -0.3 is 25.6 Å². The lowest BCUT2D eigenvalue weighted by atomic mass is 9.98. The minimum absolute atomic E-state index is 0.00983. The topological polar surface area (TPSA) is 122 Å². The van der Waals surface area contributed by atoms with Gasteiger partial charge in [-0.25, -0.2) is 9.59 Å². The molecule has 8 nitrogen and oxygen atoms in total. The smallest absolute Gasteiger partial charge is 0.407 e. The third-order valence-electron chi connectivity index (χ3n) is 5.53. The summed E-state index contributed by atoms with van der Waals surface area (Å²) in [4.78, 5) is 24.0. The number of benzene rings is 3. The predicted molar refractivity (Wildman–Crippen MR) is 117 cm³/mol. The van der Waals surface area contributed by atoms with Crippen molar-refractivity contribution in [3.63, 3.8) is 0 Å². The van der Waals surface area contributed by atoms with Crippen LogP contribution in [0.1, 0.15) is 22.6 Å². The maximum atomic E-state index is 12.4. The number of fused-ring (bicyclic) bond motifs is 3. The van der Waals surface area contributed by atoms with Crippen molar-refractivity contribution in [2.24, 2.45) is 0 Å². The minimum atomic E-state index is -1.21. The van der Waals surface area contributed by atoms with E-state index in [1.807, 2.05) is 48.5 Å². The van der Waals surface area contributed by atoms with E-state index in [9.17, 15) is 19.9 Å². The van der Waals surface area contributed by atoms with Crippen LogP contribution in [0.5, 0.6) is 0 Å². The second-order valence-electron chi connectivity index (χ2n) is 7.50. The Hall–Kier alpha value is -3.88. The van der Waals surface area contributed by atoms with E-state index < -0.39 is 18.1 Å². The summed E-state index contributed by atoms with van der Waals surface area (Å²) >= 11 is 0. The van der Waals surface area contributed by atoms with E-state index in [0.717, 1.165) is 22.3 Å². The largest absolute Gasteiger partial charge is 0.733 e. The highest BCUT2D eigenvalue weighted by Crippen LogP contribution is 2.44. The van der Waals surface area contributed by atoms with E-state index in [4.69, 9.17) is 9.94 Å². The number of anilines is 1. The van der Waals surface area contributed by atoms with Gasteiger partial charge >= 0.3 is 12.1 Å². The molecule has 0 fully saturated rings. The SMILES string of the molecule is O=C(N[C@@H](Cc1ccc(N([O-])O)cc1)C(=O)O)OCC1c2ccccc2-c2ccccc21. The molecule has 1 amide bonds. The van der Waals surface area contributed by atoms with Crippen molar-refractivity contribution in [1.29, 1.82) is 0 Å². The Balaban J connectivity index is 1.41. The van der Waals surface area contributed by atoms with Gasteiger partial charge in [0.2, 0.25) is 0 Å². The Morgan fingerprint density at radius 1 is 0.969 bits per heavy atom. The molecule has 32 heavy (non-hydrogen) atoms. The van der Waals surface area contributed by atoms with Crippen LogP contribution in [0, 0.1) is 5.21 Å². The molecule has 3 aromatic carbocycles. The van der Waals surface area contributed by atoms with Gasteiger partial charge in [-0.3, -0.25) is 5.21 Å². The molecule has 0 aromatic heterocycles. The van der Waals surface area contributed by atoms with Crippen LogP contribution in [0.2, 0.25) is 0 Å². The first kappa shape index (κ1) is 21.4. The molecular weight excluding hydrogens is 412 g/mol. The molecule has 0 aliphatic heterocycles.